The number of hydrogen-bond acceptors (Lipinski definition) is 1. The van der Waals surface area contributed by atoms with Crippen LogP contribution in [0.1, 0.15) is 66.7 Å². The highest BCUT2D eigenvalue weighted by Crippen LogP contribution is 2.69. The third kappa shape index (κ3) is 2.19. The van der Waals surface area contributed by atoms with Crippen LogP contribution in [0.5, 0.6) is 0 Å². The van der Waals surface area contributed by atoms with Crippen LogP contribution in [0.3, 0.4) is 0 Å². The largest absolute Gasteiger partial charge is 0.297 e. The zero-order valence-corrected chi connectivity index (χ0v) is 12.7. The van der Waals surface area contributed by atoms with Crippen LogP contribution < -0.4 is 0 Å². The van der Waals surface area contributed by atoms with Gasteiger partial charge in [-0.15, -0.1) is 0 Å². The van der Waals surface area contributed by atoms with Crippen LogP contribution in [0.15, 0.2) is 0 Å². The van der Waals surface area contributed by atoms with Crippen molar-refractivity contribution in [1.82, 2.24) is 4.90 Å². The van der Waals surface area contributed by atoms with Crippen molar-refractivity contribution < 1.29 is 8.78 Å². The van der Waals surface area contributed by atoms with Gasteiger partial charge >= 0.3 is 0 Å². The van der Waals surface area contributed by atoms with Gasteiger partial charge in [0.1, 0.15) is 0 Å². The molecule has 3 aliphatic rings. The molecule has 1 spiro atoms. The third-order valence-electron chi connectivity index (χ3n) is 4.77. The van der Waals surface area contributed by atoms with E-state index in [2.05, 4.69) is 11.8 Å². The standard InChI is InChI=1S/C11H17F2N.2C2H6/c1-2-10-4-3-5-14(10)8-9(6-10)7-11(9,12)13;2*1-2/h2-8H2,1H3;2*1-2H3/t9-,10-;;/m0../s1. The van der Waals surface area contributed by atoms with E-state index in [1.165, 1.54) is 6.42 Å². The zero-order chi connectivity index (χ0) is 14.0. The lowest BCUT2D eigenvalue weighted by Gasteiger charge is -2.30. The lowest BCUT2D eigenvalue weighted by atomic mass is 9.86. The van der Waals surface area contributed by atoms with Crippen LogP contribution in [-0.2, 0) is 0 Å². The first-order valence-electron chi connectivity index (χ1n) is 7.67. The van der Waals surface area contributed by atoms with E-state index in [9.17, 15) is 8.78 Å². The van der Waals surface area contributed by atoms with Crippen molar-refractivity contribution >= 4 is 0 Å². The van der Waals surface area contributed by atoms with Crippen LogP contribution in [0.25, 0.3) is 0 Å². The monoisotopic (exact) mass is 261 g/mol. The average molecular weight is 261 g/mol. The van der Waals surface area contributed by atoms with Crippen molar-refractivity contribution in [2.45, 2.75) is 78.2 Å². The van der Waals surface area contributed by atoms with Gasteiger partial charge in [-0.05, 0) is 32.2 Å². The Morgan fingerprint density at radius 2 is 1.61 bits per heavy atom. The van der Waals surface area contributed by atoms with Gasteiger partial charge < -0.3 is 0 Å². The summed E-state index contributed by atoms with van der Waals surface area (Å²) in [6.07, 6.45) is 4.30. The highest BCUT2D eigenvalue weighted by molar-refractivity contribution is 5.21. The van der Waals surface area contributed by atoms with Crippen molar-refractivity contribution in [3.63, 3.8) is 0 Å². The molecule has 1 saturated carbocycles. The lowest BCUT2D eigenvalue weighted by molar-refractivity contribution is 0.0656. The summed E-state index contributed by atoms with van der Waals surface area (Å²) in [5.41, 5.74) is -0.455. The van der Waals surface area contributed by atoms with Crippen molar-refractivity contribution in [3.05, 3.63) is 0 Å². The molecular formula is C15H29F2N. The summed E-state index contributed by atoms with van der Waals surface area (Å²) in [6, 6.07) is 0. The molecule has 0 aromatic heterocycles. The molecule has 0 aromatic rings. The van der Waals surface area contributed by atoms with Crippen molar-refractivity contribution in [2.24, 2.45) is 5.41 Å². The normalized spacial score (nSPS) is 39.5. The molecule has 1 nitrogen and oxygen atoms in total. The summed E-state index contributed by atoms with van der Waals surface area (Å²) in [5, 5.41) is 0. The van der Waals surface area contributed by atoms with Crippen LogP contribution in [-0.4, -0.2) is 29.5 Å². The van der Waals surface area contributed by atoms with Gasteiger partial charge in [0, 0.05) is 18.5 Å². The second-order valence-electron chi connectivity index (χ2n) is 5.44. The minimum absolute atomic E-state index is 0.151. The summed E-state index contributed by atoms with van der Waals surface area (Å²) in [7, 11) is 0. The molecule has 2 aliphatic heterocycles. The quantitative estimate of drug-likeness (QED) is 0.660. The molecule has 0 radical (unpaired) electrons. The van der Waals surface area contributed by atoms with Gasteiger partial charge in [0.15, 0.2) is 0 Å². The summed E-state index contributed by atoms with van der Waals surface area (Å²) in [4.78, 5) is 2.34. The first-order chi connectivity index (χ1) is 8.54. The Balaban J connectivity index is 0.000000371. The molecule has 3 fully saturated rings. The first kappa shape index (κ1) is 15.9. The summed E-state index contributed by atoms with van der Waals surface area (Å²) in [5.74, 6) is -2.35. The fourth-order valence-electron chi connectivity index (χ4n) is 3.76. The van der Waals surface area contributed by atoms with Gasteiger partial charge in [0.05, 0.1) is 5.41 Å². The molecule has 2 atom stereocenters. The minimum atomic E-state index is -2.35. The summed E-state index contributed by atoms with van der Waals surface area (Å²) < 4.78 is 26.6. The molecule has 18 heavy (non-hydrogen) atoms. The molecule has 2 saturated heterocycles. The summed E-state index contributed by atoms with van der Waals surface area (Å²) >= 11 is 0. The Hall–Kier alpha value is -0.180. The van der Waals surface area contributed by atoms with E-state index in [1.54, 1.807) is 0 Å². The number of halogens is 2. The summed E-state index contributed by atoms with van der Waals surface area (Å²) in [6.45, 7) is 11.9. The number of nitrogens with zero attached hydrogens (tertiary/aromatic N) is 1. The maximum atomic E-state index is 13.3. The highest BCUT2D eigenvalue weighted by atomic mass is 19.3. The van der Waals surface area contributed by atoms with E-state index in [4.69, 9.17) is 0 Å². The first-order valence-corrected chi connectivity index (χ1v) is 7.67. The van der Waals surface area contributed by atoms with E-state index in [0.29, 0.717) is 6.54 Å². The molecule has 0 N–H and O–H groups in total. The second-order valence-corrected chi connectivity index (χ2v) is 5.44. The Morgan fingerprint density at radius 1 is 1.06 bits per heavy atom. The number of alkyl halides is 2. The van der Waals surface area contributed by atoms with Crippen LogP contribution >= 0.6 is 0 Å². The second kappa shape index (κ2) is 5.44. The Labute approximate surface area is 111 Å². The zero-order valence-electron chi connectivity index (χ0n) is 12.7. The molecule has 0 amide bonds. The lowest BCUT2D eigenvalue weighted by Crippen LogP contribution is -2.37. The number of fused-ring (bicyclic) bond motifs is 1. The Bertz CT molecular complexity index is 280. The number of hydrogen-bond donors (Lipinski definition) is 0. The Morgan fingerprint density at radius 3 is 2.00 bits per heavy atom. The average Bonchev–Trinajstić information content (AvgIpc) is 2.71. The van der Waals surface area contributed by atoms with E-state index >= 15 is 0 Å². The molecule has 0 aromatic carbocycles. The third-order valence-corrected chi connectivity index (χ3v) is 4.77. The maximum Gasteiger partial charge on any atom is 0.255 e. The van der Waals surface area contributed by atoms with Crippen molar-refractivity contribution in [3.8, 4) is 0 Å². The molecule has 3 heteroatoms. The predicted octanol–water partition coefficient (Wildman–Crippen LogP) is 4.71. The van der Waals surface area contributed by atoms with Crippen LogP contribution in [0.4, 0.5) is 8.78 Å². The molecule has 2 heterocycles. The van der Waals surface area contributed by atoms with E-state index in [0.717, 1.165) is 25.8 Å². The smallest absolute Gasteiger partial charge is 0.255 e. The predicted molar refractivity (Wildman–Crippen MR) is 73.1 cm³/mol. The highest BCUT2D eigenvalue weighted by Gasteiger charge is 2.76. The minimum Gasteiger partial charge on any atom is -0.297 e. The fraction of sp³-hybridized carbons (Fsp3) is 1.00. The molecule has 0 unspecified atom stereocenters. The SMILES string of the molecule is CC.CC.CC[C@@]12CCCN1C[C@@]1(CC1(F)F)C2. The van der Waals surface area contributed by atoms with Gasteiger partial charge in [0.25, 0.3) is 5.92 Å². The van der Waals surface area contributed by atoms with E-state index < -0.39 is 11.3 Å². The molecule has 3 rings (SSSR count). The Kier molecular flexibility index (Phi) is 4.80. The van der Waals surface area contributed by atoms with Gasteiger partial charge in [0.2, 0.25) is 0 Å². The van der Waals surface area contributed by atoms with Gasteiger partial charge in [-0.1, -0.05) is 34.6 Å². The van der Waals surface area contributed by atoms with Crippen molar-refractivity contribution in [1.29, 1.82) is 0 Å². The van der Waals surface area contributed by atoms with E-state index in [1.807, 2.05) is 27.7 Å². The molecular weight excluding hydrogens is 232 g/mol. The van der Waals surface area contributed by atoms with Gasteiger partial charge in [-0.3, -0.25) is 4.90 Å². The molecule has 108 valence electrons. The number of rotatable bonds is 1. The van der Waals surface area contributed by atoms with Crippen molar-refractivity contribution in [2.75, 3.05) is 13.1 Å². The van der Waals surface area contributed by atoms with Gasteiger partial charge in [-0.2, -0.15) is 0 Å². The van der Waals surface area contributed by atoms with E-state index in [-0.39, 0.29) is 12.0 Å². The topological polar surface area (TPSA) is 3.24 Å². The fourth-order valence-corrected chi connectivity index (χ4v) is 3.76. The van der Waals surface area contributed by atoms with Crippen LogP contribution in [0.2, 0.25) is 0 Å². The van der Waals surface area contributed by atoms with Gasteiger partial charge in [-0.25, -0.2) is 8.78 Å². The molecule has 0 bridgehead atoms. The maximum absolute atomic E-state index is 13.3. The van der Waals surface area contributed by atoms with Crippen LogP contribution in [0, 0.1) is 5.41 Å². The molecule has 1 aliphatic carbocycles.